The molecular weight excluding hydrogens is 452 g/mol. The number of aromatic carboxylic acids is 3. The molecule has 0 heterocycles. The topological polar surface area (TPSA) is 152 Å². The fourth-order valence-corrected chi connectivity index (χ4v) is 3.31. The minimum absolute atomic E-state index is 0.266. The molecule has 0 aromatic heterocycles. The second-order valence-electron chi connectivity index (χ2n) is 7.29. The molecule has 176 valence electrons. The van der Waals surface area contributed by atoms with Gasteiger partial charge in [0.2, 0.25) is 0 Å². The van der Waals surface area contributed by atoms with Gasteiger partial charge in [-0.2, -0.15) is 0 Å². The van der Waals surface area contributed by atoms with Gasteiger partial charge in [-0.1, -0.05) is 60.7 Å². The van der Waals surface area contributed by atoms with Gasteiger partial charge in [-0.3, -0.25) is 0 Å². The predicted octanol–water partition coefficient (Wildman–Crippen LogP) is 5.21. The third-order valence-electron chi connectivity index (χ3n) is 5.04. The standard InChI is InChI=1S/C18H14O2.C9H6O6/c19-17-7-3-1-5-15(17)13-9-11-14(12-10-13)16-6-2-4-8-18(16)20;10-7(11)4-1-2-5(8(12)13)6(3-4)9(14)15/h1-12,19-20H;1-3H,(H,10,11)(H,12,13)(H,14,15). The number of carbonyl (C=O) groups is 3. The molecule has 4 aromatic carbocycles. The van der Waals surface area contributed by atoms with E-state index < -0.39 is 29.0 Å². The van der Waals surface area contributed by atoms with Crippen LogP contribution in [0.2, 0.25) is 0 Å². The molecule has 0 unspecified atom stereocenters. The maximum Gasteiger partial charge on any atom is 0.336 e. The smallest absolute Gasteiger partial charge is 0.336 e. The first kappa shape index (κ1) is 24.5. The Kier molecular flexibility index (Phi) is 7.48. The number of carboxylic acids is 3. The van der Waals surface area contributed by atoms with Crippen LogP contribution in [-0.4, -0.2) is 43.4 Å². The summed E-state index contributed by atoms with van der Waals surface area (Å²) in [6.45, 7) is 0. The molecular formula is C27H20O8. The first-order chi connectivity index (χ1) is 16.7. The Balaban J connectivity index is 0.000000205. The molecule has 8 nitrogen and oxygen atoms in total. The molecule has 0 atom stereocenters. The molecule has 0 saturated carbocycles. The molecule has 5 N–H and O–H groups in total. The van der Waals surface area contributed by atoms with Crippen LogP contribution in [0.25, 0.3) is 22.3 Å². The Morgan fingerprint density at radius 3 is 1.29 bits per heavy atom. The van der Waals surface area contributed by atoms with Gasteiger partial charge in [-0.05, 0) is 41.5 Å². The summed E-state index contributed by atoms with van der Waals surface area (Å²) in [6.07, 6.45) is 0. The molecule has 0 amide bonds. The maximum atomic E-state index is 10.6. The van der Waals surface area contributed by atoms with E-state index in [0.29, 0.717) is 0 Å². The zero-order valence-corrected chi connectivity index (χ0v) is 18.1. The van der Waals surface area contributed by atoms with Crippen LogP contribution in [0.4, 0.5) is 0 Å². The lowest BCUT2D eigenvalue weighted by Crippen LogP contribution is -2.10. The van der Waals surface area contributed by atoms with Gasteiger partial charge in [0.25, 0.3) is 0 Å². The van der Waals surface area contributed by atoms with Crippen molar-refractivity contribution in [2.45, 2.75) is 0 Å². The molecule has 0 aliphatic rings. The Morgan fingerprint density at radius 1 is 0.486 bits per heavy atom. The van der Waals surface area contributed by atoms with Gasteiger partial charge in [-0.15, -0.1) is 0 Å². The fourth-order valence-electron chi connectivity index (χ4n) is 3.31. The third kappa shape index (κ3) is 5.82. The van der Waals surface area contributed by atoms with Crippen molar-refractivity contribution in [2.24, 2.45) is 0 Å². The van der Waals surface area contributed by atoms with Crippen molar-refractivity contribution < 1.29 is 39.9 Å². The summed E-state index contributed by atoms with van der Waals surface area (Å²) < 4.78 is 0. The number of aromatic hydroxyl groups is 2. The van der Waals surface area contributed by atoms with Crippen LogP contribution in [0.1, 0.15) is 31.1 Å². The van der Waals surface area contributed by atoms with Crippen LogP contribution in [0.3, 0.4) is 0 Å². The van der Waals surface area contributed by atoms with Gasteiger partial charge in [0.05, 0.1) is 16.7 Å². The third-order valence-corrected chi connectivity index (χ3v) is 5.04. The number of hydrogen-bond donors (Lipinski definition) is 5. The minimum Gasteiger partial charge on any atom is -0.507 e. The largest absolute Gasteiger partial charge is 0.507 e. The summed E-state index contributed by atoms with van der Waals surface area (Å²) in [6, 6.07) is 25.1. The monoisotopic (exact) mass is 472 g/mol. The van der Waals surface area contributed by atoms with E-state index in [1.54, 1.807) is 24.3 Å². The lowest BCUT2D eigenvalue weighted by molar-refractivity contribution is 0.0649. The zero-order chi connectivity index (χ0) is 25.5. The van der Waals surface area contributed by atoms with E-state index in [9.17, 15) is 24.6 Å². The molecule has 0 spiro atoms. The molecule has 0 saturated heterocycles. The molecule has 0 radical (unpaired) electrons. The van der Waals surface area contributed by atoms with Gasteiger partial charge in [0, 0.05) is 11.1 Å². The van der Waals surface area contributed by atoms with Crippen LogP contribution in [0, 0.1) is 0 Å². The van der Waals surface area contributed by atoms with Crippen molar-refractivity contribution in [3.63, 3.8) is 0 Å². The summed E-state index contributed by atoms with van der Waals surface area (Å²) in [5.74, 6) is -3.67. The Morgan fingerprint density at radius 2 is 0.914 bits per heavy atom. The zero-order valence-electron chi connectivity index (χ0n) is 18.1. The van der Waals surface area contributed by atoms with Crippen LogP contribution >= 0.6 is 0 Å². The lowest BCUT2D eigenvalue weighted by Gasteiger charge is -2.07. The number of benzene rings is 4. The van der Waals surface area contributed by atoms with Gasteiger partial charge in [0.1, 0.15) is 11.5 Å². The van der Waals surface area contributed by atoms with E-state index in [2.05, 4.69) is 0 Å². The average molecular weight is 472 g/mol. The minimum atomic E-state index is -1.48. The molecule has 35 heavy (non-hydrogen) atoms. The Labute approximate surface area is 199 Å². The summed E-state index contributed by atoms with van der Waals surface area (Å²) in [5, 5.41) is 45.6. The number of phenolic OH excluding ortho intramolecular Hbond substituents is 2. The number of para-hydroxylation sites is 2. The van der Waals surface area contributed by atoms with Gasteiger partial charge in [0.15, 0.2) is 0 Å². The predicted molar refractivity (Wildman–Crippen MR) is 128 cm³/mol. The van der Waals surface area contributed by atoms with Crippen molar-refractivity contribution in [3.8, 4) is 33.8 Å². The highest BCUT2D eigenvalue weighted by Crippen LogP contribution is 2.33. The van der Waals surface area contributed by atoms with Gasteiger partial charge >= 0.3 is 17.9 Å². The molecule has 8 heteroatoms. The summed E-state index contributed by atoms with van der Waals surface area (Å²) in [5.41, 5.74) is 2.25. The van der Waals surface area contributed by atoms with E-state index in [0.717, 1.165) is 40.5 Å². The number of phenols is 2. The second-order valence-corrected chi connectivity index (χ2v) is 7.29. The van der Waals surface area contributed by atoms with Crippen LogP contribution in [0.15, 0.2) is 91.0 Å². The molecule has 0 fully saturated rings. The summed E-state index contributed by atoms with van der Waals surface area (Å²) >= 11 is 0. The first-order valence-corrected chi connectivity index (χ1v) is 10.2. The highest BCUT2D eigenvalue weighted by molar-refractivity contribution is 6.03. The molecule has 0 bridgehead atoms. The number of rotatable bonds is 5. The molecule has 0 aliphatic carbocycles. The van der Waals surface area contributed by atoms with Crippen LogP contribution < -0.4 is 0 Å². The Hall–Kier alpha value is -5.11. The van der Waals surface area contributed by atoms with E-state index in [1.165, 1.54) is 0 Å². The van der Waals surface area contributed by atoms with Crippen LogP contribution in [0.5, 0.6) is 11.5 Å². The van der Waals surface area contributed by atoms with Crippen molar-refractivity contribution in [2.75, 3.05) is 0 Å². The number of carboxylic acid groups (broad SMARTS) is 3. The molecule has 4 aromatic rings. The van der Waals surface area contributed by atoms with Crippen molar-refractivity contribution >= 4 is 17.9 Å². The van der Waals surface area contributed by atoms with Crippen molar-refractivity contribution in [1.82, 2.24) is 0 Å². The van der Waals surface area contributed by atoms with E-state index in [4.69, 9.17) is 15.3 Å². The molecule has 4 rings (SSSR count). The van der Waals surface area contributed by atoms with E-state index in [1.807, 2.05) is 48.5 Å². The summed E-state index contributed by atoms with van der Waals surface area (Å²) in [4.78, 5) is 31.8. The second kappa shape index (κ2) is 10.7. The molecule has 0 aliphatic heterocycles. The highest BCUT2D eigenvalue weighted by atomic mass is 16.4. The first-order valence-electron chi connectivity index (χ1n) is 10.2. The quantitative estimate of drug-likeness (QED) is 0.265. The van der Waals surface area contributed by atoms with Crippen molar-refractivity contribution in [1.29, 1.82) is 0 Å². The maximum absolute atomic E-state index is 10.6. The van der Waals surface area contributed by atoms with Crippen molar-refractivity contribution in [3.05, 3.63) is 108 Å². The van der Waals surface area contributed by atoms with Gasteiger partial charge in [-0.25, -0.2) is 14.4 Å². The van der Waals surface area contributed by atoms with Gasteiger partial charge < -0.3 is 25.5 Å². The fraction of sp³-hybridized carbons (Fsp3) is 0. The average Bonchev–Trinajstić information content (AvgIpc) is 2.85. The van der Waals surface area contributed by atoms with E-state index in [-0.39, 0.29) is 17.1 Å². The Bertz CT molecular complexity index is 1330. The normalized spacial score (nSPS) is 10.1. The van der Waals surface area contributed by atoms with Crippen LogP contribution in [-0.2, 0) is 0 Å². The number of hydrogen-bond acceptors (Lipinski definition) is 5. The van der Waals surface area contributed by atoms with E-state index >= 15 is 0 Å². The highest BCUT2D eigenvalue weighted by Gasteiger charge is 2.18. The SMILES string of the molecule is O=C(O)c1ccc(C(=O)O)c(C(=O)O)c1.Oc1ccccc1-c1ccc(-c2ccccc2O)cc1. The lowest BCUT2D eigenvalue weighted by atomic mass is 9.99. The summed E-state index contributed by atoms with van der Waals surface area (Å²) in [7, 11) is 0.